The van der Waals surface area contributed by atoms with E-state index in [0.717, 1.165) is 16.7 Å². The van der Waals surface area contributed by atoms with Gasteiger partial charge < -0.3 is 5.11 Å². The number of amidine groups is 1. The second-order valence-electron chi connectivity index (χ2n) is 6.40. The molecule has 0 spiro atoms. The Hall–Kier alpha value is -3.66. The molecule has 4 heteroatoms. The van der Waals surface area contributed by atoms with Crippen LogP contribution in [0.2, 0.25) is 0 Å². The van der Waals surface area contributed by atoms with Crippen molar-refractivity contribution in [1.29, 1.82) is 0 Å². The molecule has 1 aliphatic heterocycles. The highest BCUT2D eigenvalue weighted by Crippen LogP contribution is 2.29. The quantitative estimate of drug-likeness (QED) is 0.702. The third kappa shape index (κ3) is 3.37. The summed E-state index contributed by atoms with van der Waals surface area (Å²) in [4.78, 5) is 19.4. The Kier molecular flexibility index (Phi) is 4.30. The lowest BCUT2D eigenvalue weighted by Crippen LogP contribution is -2.32. The van der Waals surface area contributed by atoms with E-state index >= 15 is 0 Å². The van der Waals surface area contributed by atoms with Crippen LogP contribution in [0.1, 0.15) is 16.7 Å². The lowest BCUT2D eigenvalue weighted by molar-refractivity contribution is -0.113. The maximum absolute atomic E-state index is 13.1. The van der Waals surface area contributed by atoms with E-state index in [4.69, 9.17) is 0 Å². The molecule has 132 valence electrons. The third-order valence-electron chi connectivity index (χ3n) is 4.35. The highest BCUT2D eigenvalue weighted by molar-refractivity contribution is 6.33. The first-order chi connectivity index (χ1) is 13.1. The van der Waals surface area contributed by atoms with Crippen molar-refractivity contribution in [2.75, 3.05) is 4.90 Å². The van der Waals surface area contributed by atoms with E-state index in [9.17, 15) is 9.90 Å². The highest BCUT2D eigenvalue weighted by Gasteiger charge is 2.32. The summed E-state index contributed by atoms with van der Waals surface area (Å²) in [6.07, 6.45) is 1.79. The number of rotatable bonds is 3. The molecule has 1 amide bonds. The van der Waals surface area contributed by atoms with E-state index in [0.29, 0.717) is 17.2 Å². The van der Waals surface area contributed by atoms with Gasteiger partial charge in [0.05, 0.1) is 5.69 Å². The fourth-order valence-corrected chi connectivity index (χ4v) is 3.04. The van der Waals surface area contributed by atoms with Crippen molar-refractivity contribution in [1.82, 2.24) is 0 Å². The minimum Gasteiger partial charge on any atom is -0.508 e. The first kappa shape index (κ1) is 16.8. The molecule has 3 aromatic rings. The Morgan fingerprint density at radius 2 is 1.67 bits per heavy atom. The van der Waals surface area contributed by atoms with Crippen LogP contribution in [-0.4, -0.2) is 16.8 Å². The van der Waals surface area contributed by atoms with Crippen molar-refractivity contribution >= 4 is 23.5 Å². The number of anilines is 1. The normalized spacial score (nSPS) is 15.3. The topological polar surface area (TPSA) is 52.9 Å². The summed E-state index contributed by atoms with van der Waals surface area (Å²) in [5.41, 5.74) is 3.92. The van der Waals surface area contributed by atoms with Crippen molar-refractivity contribution in [2.45, 2.75) is 6.92 Å². The molecule has 0 unspecified atom stereocenters. The van der Waals surface area contributed by atoms with Crippen molar-refractivity contribution in [3.63, 3.8) is 0 Å². The Labute approximate surface area is 157 Å². The molecule has 0 bridgehead atoms. The number of phenols is 1. The van der Waals surface area contributed by atoms with Gasteiger partial charge in [0.1, 0.15) is 17.3 Å². The minimum absolute atomic E-state index is 0.152. The molecular formula is C23H18N2O2. The lowest BCUT2D eigenvalue weighted by Gasteiger charge is -2.18. The second-order valence-corrected chi connectivity index (χ2v) is 6.40. The summed E-state index contributed by atoms with van der Waals surface area (Å²) in [6, 6.07) is 24.1. The van der Waals surface area contributed by atoms with Gasteiger partial charge in [-0.15, -0.1) is 0 Å². The monoisotopic (exact) mass is 354 g/mol. The average molecular weight is 354 g/mol. The largest absolute Gasteiger partial charge is 0.508 e. The fraction of sp³-hybridized carbons (Fsp3) is 0.0435. The second kappa shape index (κ2) is 6.92. The van der Waals surface area contributed by atoms with Crippen LogP contribution in [0.25, 0.3) is 6.08 Å². The number of aliphatic imine (C=N–C) groups is 1. The van der Waals surface area contributed by atoms with E-state index < -0.39 is 0 Å². The van der Waals surface area contributed by atoms with E-state index in [-0.39, 0.29) is 11.7 Å². The van der Waals surface area contributed by atoms with Crippen molar-refractivity contribution in [3.8, 4) is 5.75 Å². The number of carbonyl (C=O) groups excluding carboxylic acids is 1. The van der Waals surface area contributed by atoms with Gasteiger partial charge >= 0.3 is 0 Å². The van der Waals surface area contributed by atoms with Crippen LogP contribution < -0.4 is 4.90 Å². The number of aryl methyl sites for hydroxylation is 1. The van der Waals surface area contributed by atoms with E-state index in [1.54, 1.807) is 35.2 Å². The minimum atomic E-state index is -0.193. The van der Waals surface area contributed by atoms with Crippen molar-refractivity contribution < 1.29 is 9.90 Å². The van der Waals surface area contributed by atoms with Crippen molar-refractivity contribution in [2.24, 2.45) is 4.99 Å². The standard InChI is InChI=1S/C23H18N2O2/c1-16-6-5-9-18(14-16)22-24-21(15-17-7-3-2-4-8-17)23(27)25(22)19-10-12-20(26)13-11-19/h2-15,26H,1H3/b21-15+. The molecule has 27 heavy (non-hydrogen) atoms. The van der Waals surface area contributed by atoms with Gasteiger partial charge in [0.2, 0.25) is 0 Å². The number of benzene rings is 3. The molecule has 4 rings (SSSR count). The lowest BCUT2D eigenvalue weighted by atomic mass is 10.1. The van der Waals surface area contributed by atoms with E-state index in [1.807, 2.05) is 61.5 Å². The number of amides is 1. The van der Waals surface area contributed by atoms with Crippen LogP contribution in [0, 0.1) is 6.92 Å². The smallest absolute Gasteiger partial charge is 0.282 e. The summed E-state index contributed by atoms with van der Waals surface area (Å²) in [6.45, 7) is 2.01. The molecule has 0 saturated carbocycles. The predicted molar refractivity (Wildman–Crippen MR) is 108 cm³/mol. The number of hydrogen-bond donors (Lipinski definition) is 1. The highest BCUT2D eigenvalue weighted by atomic mass is 16.3. The van der Waals surface area contributed by atoms with Crippen LogP contribution in [0.4, 0.5) is 5.69 Å². The molecule has 0 atom stereocenters. The number of hydrogen-bond acceptors (Lipinski definition) is 3. The zero-order chi connectivity index (χ0) is 18.8. The maximum atomic E-state index is 13.1. The predicted octanol–water partition coefficient (Wildman–Crippen LogP) is 4.54. The summed E-state index contributed by atoms with van der Waals surface area (Å²) in [5.74, 6) is 0.539. The number of phenolic OH excluding ortho intramolecular Hbond substituents is 1. The molecule has 0 aromatic heterocycles. The van der Waals surface area contributed by atoms with Gasteiger partial charge in [-0.2, -0.15) is 0 Å². The molecule has 0 saturated heterocycles. The molecule has 0 fully saturated rings. The van der Waals surface area contributed by atoms with Gasteiger partial charge in [-0.05, 0) is 48.9 Å². The van der Waals surface area contributed by atoms with E-state index in [1.165, 1.54) is 0 Å². The van der Waals surface area contributed by atoms with Gasteiger partial charge in [-0.3, -0.25) is 9.69 Å². The first-order valence-electron chi connectivity index (χ1n) is 8.68. The summed E-state index contributed by atoms with van der Waals surface area (Å²) in [7, 11) is 0. The average Bonchev–Trinajstić information content (AvgIpc) is 3.00. The molecular weight excluding hydrogens is 336 g/mol. The van der Waals surface area contributed by atoms with Gasteiger partial charge in [0.25, 0.3) is 5.91 Å². The van der Waals surface area contributed by atoms with Gasteiger partial charge in [0.15, 0.2) is 0 Å². The van der Waals surface area contributed by atoms with Crippen molar-refractivity contribution in [3.05, 3.63) is 101 Å². The fourth-order valence-electron chi connectivity index (χ4n) is 3.04. The van der Waals surface area contributed by atoms with Gasteiger partial charge in [-0.25, -0.2) is 4.99 Å². The zero-order valence-electron chi connectivity index (χ0n) is 14.8. The molecule has 0 aliphatic carbocycles. The van der Waals surface area contributed by atoms with Crippen LogP contribution in [0.3, 0.4) is 0 Å². The molecule has 4 nitrogen and oxygen atoms in total. The number of carbonyl (C=O) groups is 1. The van der Waals surface area contributed by atoms with Gasteiger partial charge in [-0.1, -0.05) is 54.1 Å². The SMILES string of the molecule is Cc1cccc(C2=N/C(=C/c3ccccc3)C(=O)N2c2ccc(O)cc2)c1. The third-order valence-corrected chi connectivity index (χ3v) is 4.35. The molecule has 1 aliphatic rings. The Morgan fingerprint density at radius 1 is 0.926 bits per heavy atom. The summed E-state index contributed by atoms with van der Waals surface area (Å²) in [5, 5.41) is 9.59. The Bertz CT molecular complexity index is 1050. The Morgan fingerprint density at radius 3 is 2.37 bits per heavy atom. The van der Waals surface area contributed by atoms with Crippen LogP contribution in [0.5, 0.6) is 5.75 Å². The number of aromatic hydroxyl groups is 1. The van der Waals surface area contributed by atoms with Crippen LogP contribution >= 0.6 is 0 Å². The summed E-state index contributed by atoms with van der Waals surface area (Å²) < 4.78 is 0. The molecule has 0 radical (unpaired) electrons. The molecule has 1 N–H and O–H groups in total. The zero-order valence-corrected chi connectivity index (χ0v) is 14.8. The maximum Gasteiger partial charge on any atom is 0.282 e. The molecule has 1 heterocycles. The van der Waals surface area contributed by atoms with Crippen LogP contribution in [-0.2, 0) is 4.79 Å². The van der Waals surface area contributed by atoms with Gasteiger partial charge in [0, 0.05) is 5.56 Å². The van der Waals surface area contributed by atoms with Crippen LogP contribution in [0.15, 0.2) is 89.6 Å². The first-order valence-corrected chi connectivity index (χ1v) is 8.68. The number of nitrogens with zero attached hydrogens (tertiary/aromatic N) is 2. The Balaban J connectivity index is 1.84. The molecule has 3 aromatic carbocycles. The van der Waals surface area contributed by atoms with E-state index in [2.05, 4.69) is 4.99 Å². The summed E-state index contributed by atoms with van der Waals surface area (Å²) >= 11 is 0.